The van der Waals surface area contributed by atoms with Crippen LogP contribution in [0, 0.1) is 0 Å². The zero-order chi connectivity index (χ0) is 19.8. The summed E-state index contributed by atoms with van der Waals surface area (Å²) in [5.41, 5.74) is 7.89. The summed E-state index contributed by atoms with van der Waals surface area (Å²) in [7, 11) is 2.13. The number of aromatic nitrogens is 2. The number of halogens is 1. The van der Waals surface area contributed by atoms with E-state index in [0.717, 1.165) is 36.8 Å². The van der Waals surface area contributed by atoms with Crippen LogP contribution < -0.4 is 20.7 Å². The first-order valence-electron chi connectivity index (χ1n) is 9.31. The number of benzene rings is 1. The van der Waals surface area contributed by atoms with Gasteiger partial charge < -0.3 is 25.6 Å². The predicted molar refractivity (Wildman–Crippen MR) is 109 cm³/mol. The number of piperazine rings is 1. The lowest BCUT2D eigenvalue weighted by molar-refractivity contribution is 0.0996. The molecule has 3 N–H and O–H groups in total. The van der Waals surface area contributed by atoms with E-state index < -0.39 is 5.91 Å². The number of nitrogens with one attached hydrogen (secondary N) is 1. The van der Waals surface area contributed by atoms with Crippen molar-refractivity contribution < 1.29 is 9.53 Å². The van der Waals surface area contributed by atoms with Crippen LogP contribution in [0.15, 0.2) is 18.2 Å². The first-order chi connectivity index (χ1) is 13.5. The maximum Gasteiger partial charge on any atom is 0.271 e. The van der Waals surface area contributed by atoms with E-state index in [1.807, 2.05) is 25.1 Å². The van der Waals surface area contributed by atoms with Gasteiger partial charge >= 0.3 is 0 Å². The average Bonchev–Trinajstić information content (AvgIpc) is 2.67. The van der Waals surface area contributed by atoms with Crippen LogP contribution >= 0.6 is 11.6 Å². The number of nitrogens with zero attached hydrogens (tertiary/aromatic N) is 4. The third-order valence-corrected chi connectivity index (χ3v) is 5.44. The van der Waals surface area contributed by atoms with Gasteiger partial charge in [0.15, 0.2) is 16.7 Å². The summed E-state index contributed by atoms with van der Waals surface area (Å²) >= 11 is 6.17. The fourth-order valence-corrected chi connectivity index (χ4v) is 3.93. The van der Waals surface area contributed by atoms with Gasteiger partial charge in [-0.05, 0) is 25.6 Å². The van der Waals surface area contributed by atoms with E-state index in [-0.39, 0.29) is 16.7 Å². The fraction of sp³-hybridized carbons (Fsp3) is 0.421. The second-order valence-electron chi connectivity index (χ2n) is 7.10. The topological polar surface area (TPSA) is 96.6 Å². The molecule has 9 heteroatoms. The van der Waals surface area contributed by atoms with Crippen molar-refractivity contribution in [1.29, 1.82) is 0 Å². The largest absolute Gasteiger partial charge is 0.489 e. The van der Waals surface area contributed by atoms with E-state index in [1.165, 1.54) is 0 Å². The van der Waals surface area contributed by atoms with Gasteiger partial charge in [-0.3, -0.25) is 4.79 Å². The summed E-state index contributed by atoms with van der Waals surface area (Å²) in [6.45, 7) is 5.51. The number of likely N-dealkylation sites (N-methyl/N-ethyl adjacent to an activating group) is 1. The molecular weight excluding hydrogens is 380 g/mol. The zero-order valence-corrected chi connectivity index (χ0v) is 16.7. The fourth-order valence-electron chi connectivity index (χ4n) is 3.67. The van der Waals surface area contributed by atoms with E-state index in [4.69, 9.17) is 22.1 Å². The van der Waals surface area contributed by atoms with Gasteiger partial charge in [0.05, 0.1) is 17.4 Å². The van der Waals surface area contributed by atoms with Gasteiger partial charge in [-0.1, -0.05) is 18.5 Å². The number of carbonyl (C=O) groups excluding carboxylic acids is 1. The van der Waals surface area contributed by atoms with E-state index >= 15 is 0 Å². The van der Waals surface area contributed by atoms with Crippen LogP contribution in [0.4, 0.5) is 17.2 Å². The van der Waals surface area contributed by atoms with Crippen molar-refractivity contribution in [3.63, 3.8) is 0 Å². The third kappa shape index (κ3) is 3.45. The number of hydrogen-bond acceptors (Lipinski definition) is 7. The summed E-state index contributed by atoms with van der Waals surface area (Å²) in [5, 5.41) is 3.36. The molecule has 0 spiro atoms. The number of anilines is 3. The summed E-state index contributed by atoms with van der Waals surface area (Å²) < 4.78 is 6.00. The molecule has 1 amide bonds. The van der Waals surface area contributed by atoms with Gasteiger partial charge in [0.1, 0.15) is 12.4 Å². The number of ether oxygens (including phenoxy) is 1. The van der Waals surface area contributed by atoms with Gasteiger partial charge in [0, 0.05) is 31.4 Å². The van der Waals surface area contributed by atoms with Crippen molar-refractivity contribution in [1.82, 2.24) is 14.9 Å². The van der Waals surface area contributed by atoms with E-state index in [0.29, 0.717) is 24.8 Å². The molecule has 1 aromatic carbocycles. The number of amides is 1. The van der Waals surface area contributed by atoms with Crippen LogP contribution in [0.2, 0.25) is 5.15 Å². The number of primary amides is 1. The Bertz CT molecular complexity index is 922. The Morgan fingerprint density at radius 1 is 1.39 bits per heavy atom. The van der Waals surface area contributed by atoms with Crippen molar-refractivity contribution in [3.05, 3.63) is 34.7 Å². The molecule has 0 aliphatic carbocycles. The Morgan fingerprint density at radius 3 is 2.96 bits per heavy atom. The molecule has 0 radical (unpaired) electrons. The molecule has 1 saturated heterocycles. The lowest BCUT2D eigenvalue weighted by atomic mass is 10.1. The first-order valence-corrected chi connectivity index (χ1v) is 9.69. The Hall–Kier alpha value is -2.58. The normalized spacial score (nSPS) is 18.8. The van der Waals surface area contributed by atoms with Crippen LogP contribution in [-0.2, 0) is 6.42 Å². The van der Waals surface area contributed by atoms with Gasteiger partial charge in [0.2, 0.25) is 0 Å². The second-order valence-corrected chi connectivity index (χ2v) is 7.46. The molecule has 148 valence electrons. The highest BCUT2D eigenvalue weighted by atomic mass is 35.5. The van der Waals surface area contributed by atoms with E-state index in [2.05, 4.69) is 32.1 Å². The Kier molecular flexibility index (Phi) is 4.99. The maximum absolute atomic E-state index is 11.8. The molecular formula is C19H23ClN6O2. The van der Waals surface area contributed by atoms with Gasteiger partial charge in [0.25, 0.3) is 5.91 Å². The zero-order valence-electron chi connectivity index (χ0n) is 15.9. The van der Waals surface area contributed by atoms with E-state index in [1.54, 1.807) is 0 Å². The van der Waals surface area contributed by atoms with Crippen LogP contribution in [0.3, 0.4) is 0 Å². The van der Waals surface area contributed by atoms with Gasteiger partial charge in [-0.2, -0.15) is 0 Å². The summed E-state index contributed by atoms with van der Waals surface area (Å²) in [6.07, 6.45) is 0.561. The molecule has 28 heavy (non-hydrogen) atoms. The molecule has 3 heterocycles. The number of aryl methyl sites for hydroxylation is 1. The minimum absolute atomic E-state index is 0.0685. The molecule has 1 atom stereocenters. The molecule has 0 unspecified atom stereocenters. The second kappa shape index (κ2) is 7.44. The molecule has 2 aliphatic rings. The molecule has 2 aliphatic heterocycles. The highest BCUT2D eigenvalue weighted by molar-refractivity contribution is 6.30. The van der Waals surface area contributed by atoms with Crippen LogP contribution in [-0.4, -0.2) is 60.1 Å². The molecule has 4 rings (SSSR count). The average molecular weight is 403 g/mol. The minimum Gasteiger partial charge on any atom is -0.489 e. The van der Waals surface area contributed by atoms with Crippen LogP contribution in [0.5, 0.6) is 5.75 Å². The third-order valence-electron chi connectivity index (χ3n) is 5.14. The van der Waals surface area contributed by atoms with Gasteiger partial charge in [-0.25, -0.2) is 9.97 Å². The standard InChI is InChI=1S/C19H23ClN6O2/c1-3-13-17(20)24-19(16(23-13)18(21)27)22-11-4-5-14-15(8-11)28-10-12-9-25(2)6-7-26(12)14/h4-5,8,12H,3,6-7,9-10H2,1-2H3,(H2,21,27)(H,22,24)/t12-/m1/s1. The van der Waals surface area contributed by atoms with Crippen molar-refractivity contribution in [3.8, 4) is 5.75 Å². The lowest BCUT2D eigenvalue weighted by Gasteiger charge is -2.44. The number of nitrogens with two attached hydrogens (primary N) is 1. The minimum atomic E-state index is -0.657. The molecule has 2 aromatic rings. The highest BCUT2D eigenvalue weighted by Gasteiger charge is 2.31. The highest BCUT2D eigenvalue weighted by Crippen LogP contribution is 2.38. The summed E-state index contributed by atoms with van der Waals surface area (Å²) in [5.74, 6) is 0.384. The van der Waals surface area contributed by atoms with Crippen molar-refractivity contribution >= 4 is 34.7 Å². The lowest BCUT2D eigenvalue weighted by Crippen LogP contribution is -2.56. The number of hydrogen-bond donors (Lipinski definition) is 2. The first kappa shape index (κ1) is 18.8. The molecule has 0 saturated carbocycles. The van der Waals surface area contributed by atoms with Crippen LogP contribution in [0.1, 0.15) is 23.1 Å². The molecule has 1 fully saturated rings. The van der Waals surface area contributed by atoms with Crippen molar-refractivity contribution in [2.75, 3.05) is 43.5 Å². The van der Waals surface area contributed by atoms with E-state index in [9.17, 15) is 4.79 Å². The van der Waals surface area contributed by atoms with Crippen molar-refractivity contribution in [2.24, 2.45) is 5.73 Å². The van der Waals surface area contributed by atoms with Crippen molar-refractivity contribution in [2.45, 2.75) is 19.4 Å². The summed E-state index contributed by atoms with van der Waals surface area (Å²) in [4.78, 5) is 25.1. The number of carbonyl (C=O) groups is 1. The quantitative estimate of drug-likeness (QED) is 0.807. The molecule has 8 nitrogen and oxygen atoms in total. The molecule has 0 bridgehead atoms. The number of fused-ring (bicyclic) bond motifs is 3. The number of rotatable bonds is 4. The van der Waals surface area contributed by atoms with Crippen LogP contribution in [0.25, 0.3) is 0 Å². The maximum atomic E-state index is 11.8. The monoisotopic (exact) mass is 402 g/mol. The Morgan fingerprint density at radius 2 is 2.21 bits per heavy atom. The Labute approximate surface area is 168 Å². The van der Waals surface area contributed by atoms with Gasteiger partial charge in [-0.15, -0.1) is 0 Å². The molecule has 1 aromatic heterocycles. The summed E-state index contributed by atoms with van der Waals surface area (Å²) in [6, 6.07) is 6.21. The SMILES string of the molecule is CCc1nc(C(N)=O)c(Nc2ccc3c(c2)OC[C@H]2CN(C)CCN32)nc1Cl. The predicted octanol–water partition coefficient (Wildman–Crippen LogP) is 2.05. The smallest absolute Gasteiger partial charge is 0.271 e. The Balaban J connectivity index is 1.62.